The summed E-state index contributed by atoms with van der Waals surface area (Å²) in [5.41, 5.74) is 0. The topological polar surface area (TPSA) is 108 Å². The van der Waals surface area contributed by atoms with E-state index in [1.807, 2.05) is 0 Å². The predicted octanol–water partition coefficient (Wildman–Crippen LogP) is -0.338. The van der Waals surface area contributed by atoms with Crippen LogP contribution in [0.5, 0.6) is 5.75 Å². The van der Waals surface area contributed by atoms with E-state index in [1.54, 1.807) is 24.3 Å². The first-order valence-electron chi connectivity index (χ1n) is 6.74. The van der Waals surface area contributed by atoms with Crippen LogP contribution in [0.4, 0.5) is 0 Å². The Bertz CT molecular complexity index is 511. The zero-order valence-electron chi connectivity index (χ0n) is 11.8. The number of hydrogen-bond donors (Lipinski definition) is 4. The van der Waals surface area contributed by atoms with Gasteiger partial charge in [-0.05, 0) is 24.3 Å². The molecule has 22 heavy (non-hydrogen) atoms. The fraction of sp³-hybridized carbons (Fsp3) is 0.500. The molecule has 0 radical (unpaired) electrons. The third kappa shape index (κ3) is 3.88. The zero-order chi connectivity index (χ0) is 16.3. The van der Waals surface area contributed by atoms with Crippen LogP contribution in [0.3, 0.4) is 0 Å². The van der Waals surface area contributed by atoms with E-state index in [9.17, 15) is 20.1 Å². The molecule has 0 saturated carbocycles. The fourth-order valence-electron chi connectivity index (χ4n) is 2.22. The number of aliphatic hydroxyl groups excluding tert-OH is 3. The van der Waals surface area contributed by atoms with Gasteiger partial charge in [-0.1, -0.05) is 11.6 Å². The molecule has 1 saturated heterocycles. The molecule has 1 aromatic carbocycles. The Morgan fingerprint density at radius 1 is 1.32 bits per heavy atom. The van der Waals surface area contributed by atoms with Crippen LogP contribution >= 0.6 is 11.6 Å². The lowest BCUT2D eigenvalue weighted by Crippen LogP contribution is -2.65. The van der Waals surface area contributed by atoms with Crippen LogP contribution in [-0.4, -0.2) is 58.5 Å². The van der Waals surface area contributed by atoms with Gasteiger partial charge >= 0.3 is 0 Å². The third-order valence-electron chi connectivity index (χ3n) is 3.32. The summed E-state index contributed by atoms with van der Waals surface area (Å²) in [5, 5.41) is 32.2. The molecule has 8 heteroatoms. The normalized spacial score (nSPS) is 31.6. The molecule has 0 spiro atoms. The Morgan fingerprint density at radius 2 is 1.95 bits per heavy atom. The fourth-order valence-corrected chi connectivity index (χ4v) is 2.34. The van der Waals surface area contributed by atoms with Crippen molar-refractivity contribution >= 4 is 17.5 Å². The van der Waals surface area contributed by atoms with Crippen LogP contribution in [0.1, 0.15) is 6.92 Å². The second-order valence-electron chi connectivity index (χ2n) is 5.00. The summed E-state index contributed by atoms with van der Waals surface area (Å²) in [6, 6.07) is 5.44. The van der Waals surface area contributed by atoms with E-state index < -0.39 is 43.2 Å². The molecule has 1 aliphatic heterocycles. The lowest BCUT2D eigenvalue weighted by molar-refractivity contribution is -0.244. The largest absolute Gasteiger partial charge is 0.463 e. The van der Waals surface area contributed by atoms with Crippen LogP contribution in [0.25, 0.3) is 0 Å². The van der Waals surface area contributed by atoms with Crippen LogP contribution in [0, 0.1) is 0 Å². The van der Waals surface area contributed by atoms with Crippen molar-refractivity contribution in [3.8, 4) is 5.75 Å². The Morgan fingerprint density at radius 3 is 2.50 bits per heavy atom. The van der Waals surface area contributed by atoms with E-state index in [-0.39, 0.29) is 0 Å². The Kier molecular flexibility index (Phi) is 5.60. The molecule has 2 rings (SSSR count). The van der Waals surface area contributed by atoms with E-state index >= 15 is 0 Å². The van der Waals surface area contributed by atoms with Crippen molar-refractivity contribution in [3.05, 3.63) is 29.3 Å². The van der Waals surface area contributed by atoms with Gasteiger partial charge in [0.2, 0.25) is 12.2 Å². The number of hydrogen-bond acceptors (Lipinski definition) is 6. The molecule has 0 unspecified atom stereocenters. The van der Waals surface area contributed by atoms with Gasteiger partial charge in [0.05, 0.1) is 6.61 Å². The van der Waals surface area contributed by atoms with Gasteiger partial charge in [-0.15, -0.1) is 0 Å². The van der Waals surface area contributed by atoms with E-state index in [4.69, 9.17) is 21.1 Å². The average molecular weight is 332 g/mol. The highest BCUT2D eigenvalue weighted by atomic mass is 35.5. The zero-order valence-corrected chi connectivity index (χ0v) is 12.6. The summed E-state index contributed by atoms with van der Waals surface area (Å²) in [4.78, 5) is 11.3. The van der Waals surface area contributed by atoms with Crippen LogP contribution in [0.2, 0.25) is 5.02 Å². The number of ether oxygens (including phenoxy) is 2. The number of nitrogens with one attached hydrogen (secondary N) is 1. The molecule has 4 N–H and O–H groups in total. The van der Waals surface area contributed by atoms with Gasteiger partial charge in [-0.25, -0.2) is 0 Å². The summed E-state index contributed by atoms with van der Waals surface area (Å²) < 4.78 is 11.0. The van der Waals surface area contributed by atoms with Crippen molar-refractivity contribution in [2.24, 2.45) is 0 Å². The molecular formula is C14H18ClNO6. The first kappa shape index (κ1) is 17.0. The molecule has 1 aliphatic rings. The maximum atomic E-state index is 11.3. The van der Waals surface area contributed by atoms with Gasteiger partial charge in [0.1, 0.15) is 30.1 Å². The van der Waals surface area contributed by atoms with Crippen molar-refractivity contribution in [3.63, 3.8) is 0 Å². The van der Waals surface area contributed by atoms with Crippen LogP contribution in [-0.2, 0) is 9.53 Å². The standard InChI is InChI=1S/C14H18ClNO6/c1-7(18)16-11-13(20)12(19)10(6-17)22-14(11)21-9-4-2-8(15)3-5-9/h2-5,10-14,17,19-20H,6H2,1H3,(H,16,18)/t10-,11-,12+,13-,14+/m1/s1. The molecule has 1 heterocycles. The van der Waals surface area contributed by atoms with Crippen LogP contribution < -0.4 is 10.1 Å². The monoisotopic (exact) mass is 331 g/mol. The second kappa shape index (κ2) is 7.26. The van der Waals surface area contributed by atoms with Crippen molar-refractivity contribution in [2.45, 2.75) is 37.6 Å². The quantitative estimate of drug-likeness (QED) is 0.601. The van der Waals surface area contributed by atoms with Gasteiger partial charge in [-0.2, -0.15) is 0 Å². The molecule has 0 aromatic heterocycles. The number of rotatable bonds is 4. The van der Waals surface area contributed by atoms with Gasteiger partial charge < -0.3 is 30.1 Å². The lowest BCUT2D eigenvalue weighted by Gasteiger charge is -2.42. The van der Waals surface area contributed by atoms with E-state index in [2.05, 4.69) is 5.32 Å². The maximum absolute atomic E-state index is 11.3. The lowest BCUT2D eigenvalue weighted by atomic mass is 9.97. The molecule has 1 amide bonds. The molecule has 0 aliphatic carbocycles. The first-order chi connectivity index (χ1) is 10.4. The average Bonchev–Trinajstić information content (AvgIpc) is 2.48. The number of carbonyl (C=O) groups is 1. The molecule has 1 aromatic rings. The Labute approximate surface area is 132 Å². The summed E-state index contributed by atoms with van der Waals surface area (Å²) >= 11 is 5.79. The minimum absolute atomic E-state index is 0.407. The Hall–Kier alpha value is -1.38. The number of carbonyl (C=O) groups excluding carboxylic acids is 1. The van der Waals surface area contributed by atoms with E-state index in [0.717, 1.165) is 0 Å². The summed E-state index contributed by atoms with van der Waals surface area (Å²) in [6.07, 6.45) is -4.77. The maximum Gasteiger partial charge on any atom is 0.223 e. The van der Waals surface area contributed by atoms with Gasteiger partial charge in [0.15, 0.2) is 0 Å². The smallest absolute Gasteiger partial charge is 0.223 e. The SMILES string of the molecule is CC(=O)N[C@H]1[C@@H](Oc2ccc(Cl)cc2)O[C@H](CO)[C@H](O)[C@@H]1O. The molecule has 5 atom stereocenters. The highest BCUT2D eigenvalue weighted by Crippen LogP contribution is 2.25. The number of aliphatic hydroxyl groups is 3. The third-order valence-corrected chi connectivity index (χ3v) is 3.57. The van der Waals surface area contributed by atoms with E-state index in [0.29, 0.717) is 10.8 Å². The number of benzene rings is 1. The van der Waals surface area contributed by atoms with Crippen LogP contribution in [0.15, 0.2) is 24.3 Å². The summed E-state index contributed by atoms with van der Waals surface area (Å²) in [6.45, 7) is 0.780. The Balaban J connectivity index is 2.18. The summed E-state index contributed by atoms with van der Waals surface area (Å²) in [7, 11) is 0. The minimum Gasteiger partial charge on any atom is -0.463 e. The molecule has 0 bridgehead atoms. The highest BCUT2D eigenvalue weighted by Gasteiger charge is 2.46. The van der Waals surface area contributed by atoms with Gasteiger partial charge in [0, 0.05) is 11.9 Å². The van der Waals surface area contributed by atoms with Crippen molar-refractivity contribution < 1.29 is 29.6 Å². The van der Waals surface area contributed by atoms with Crippen molar-refractivity contribution in [1.82, 2.24) is 5.32 Å². The van der Waals surface area contributed by atoms with E-state index in [1.165, 1.54) is 6.92 Å². The highest BCUT2D eigenvalue weighted by molar-refractivity contribution is 6.30. The summed E-state index contributed by atoms with van der Waals surface area (Å²) in [5.74, 6) is -0.00274. The van der Waals surface area contributed by atoms with Crippen molar-refractivity contribution in [2.75, 3.05) is 6.61 Å². The molecule has 7 nitrogen and oxygen atoms in total. The molecule has 1 fully saturated rings. The first-order valence-corrected chi connectivity index (χ1v) is 7.12. The number of amides is 1. The molecular weight excluding hydrogens is 314 g/mol. The minimum atomic E-state index is -1.34. The van der Waals surface area contributed by atoms with Gasteiger partial charge in [0.25, 0.3) is 0 Å². The number of halogens is 1. The van der Waals surface area contributed by atoms with Gasteiger partial charge in [-0.3, -0.25) is 4.79 Å². The van der Waals surface area contributed by atoms with Crippen molar-refractivity contribution in [1.29, 1.82) is 0 Å². The molecule has 122 valence electrons. The predicted molar refractivity (Wildman–Crippen MR) is 77.4 cm³/mol. The second-order valence-corrected chi connectivity index (χ2v) is 5.44.